The number of Topliss-reactive ketones (excluding diaryl/α,β-unsaturated/α-hetero) is 2. The van der Waals surface area contributed by atoms with Crippen molar-refractivity contribution in [2.45, 2.75) is 44.7 Å². The van der Waals surface area contributed by atoms with Crippen molar-refractivity contribution < 1.29 is 22.8 Å². The first kappa shape index (κ1) is 15.3. The predicted molar refractivity (Wildman–Crippen MR) is 74.4 cm³/mol. The van der Waals surface area contributed by atoms with Gasteiger partial charge in [-0.2, -0.15) is 13.2 Å². The third-order valence-corrected chi connectivity index (χ3v) is 4.67. The summed E-state index contributed by atoms with van der Waals surface area (Å²) in [6.45, 7) is 1.66. The van der Waals surface area contributed by atoms with E-state index in [1.807, 2.05) is 0 Å². The second-order valence-corrected chi connectivity index (χ2v) is 6.56. The van der Waals surface area contributed by atoms with Gasteiger partial charge in [0, 0.05) is 12.8 Å². The Kier molecular flexibility index (Phi) is 3.62. The molecule has 0 aromatic heterocycles. The van der Waals surface area contributed by atoms with Gasteiger partial charge in [-0.25, -0.2) is 0 Å². The minimum atomic E-state index is -4.35. The van der Waals surface area contributed by atoms with Crippen molar-refractivity contribution in [1.29, 1.82) is 0 Å². The molecule has 5 heteroatoms. The van der Waals surface area contributed by atoms with Crippen LogP contribution in [-0.4, -0.2) is 11.6 Å². The average Bonchev–Trinajstić information content (AvgIpc) is 3.15. The molecule has 1 aromatic carbocycles. The number of ketones is 2. The van der Waals surface area contributed by atoms with Crippen molar-refractivity contribution in [1.82, 2.24) is 0 Å². The zero-order valence-electron chi connectivity index (χ0n) is 12.2. The Morgan fingerprint density at radius 1 is 1.05 bits per heavy atom. The number of hydrogen-bond acceptors (Lipinski definition) is 2. The number of hydrogen-bond donors (Lipinski definition) is 0. The Morgan fingerprint density at radius 2 is 1.68 bits per heavy atom. The standard InChI is InChI=1S/C17H17F3O2/c1-9-2-10(4-12(3-9)17(18,19)20)15-8-16(15)11-5-13(21)7-14(22)6-11/h2-4,11,15-16H,5-8H2,1H3. The van der Waals surface area contributed by atoms with Crippen LogP contribution >= 0.6 is 0 Å². The fraction of sp³-hybridized carbons (Fsp3) is 0.529. The molecule has 2 atom stereocenters. The van der Waals surface area contributed by atoms with Crippen LogP contribution in [0.3, 0.4) is 0 Å². The molecule has 3 rings (SSSR count). The summed E-state index contributed by atoms with van der Waals surface area (Å²) < 4.78 is 38.7. The molecule has 0 bridgehead atoms. The molecule has 2 aliphatic carbocycles. The van der Waals surface area contributed by atoms with Crippen molar-refractivity contribution >= 4 is 11.6 Å². The van der Waals surface area contributed by atoms with E-state index >= 15 is 0 Å². The zero-order valence-corrected chi connectivity index (χ0v) is 12.2. The molecular formula is C17H17F3O2. The van der Waals surface area contributed by atoms with E-state index in [2.05, 4.69) is 0 Å². The summed E-state index contributed by atoms with van der Waals surface area (Å²) >= 11 is 0. The highest BCUT2D eigenvalue weighted by molar-refractivity contribution is 6.01. The lowest BCUT2D eigenvalue weighted by Gasteiger charge is -2.20. The van der Waals surface area contributed by atoms with E-state index in [0.29, 0.717) is 24.0 Å². The summed E-state index contributed by atoms with van der Waals surface area (Å²) in [7, 11) is 0. The molecule has 0 saturated heterocycles. The summed E-state index contributed by atoms with van der Waals surface area (Å²) in [6, 6.07) is 4.14. The molecule has 2 nitrogen and oxygen atoms in total. The molecule has 2 saturated carbocycles. The average molecular weight is 310 g/mol. The molecule has 0 heterocycles. The van der Waals surface area contributed by atoms with Crippen molar-refractivity contribution in [3.63, 3.8) is 0 Å². The molecule has 0 N–H and O–H groups in total. The maximum absolute atomic E-state index is 12.9. The van der Waals surface area contributed by atoms with Gasteiger partial charge in [-0.15, -0.1) is 0 Å². The molecule has 22 heavy (non-hydrogen) atoms. The minimum Gasteiger partial charge on any atom is -0.299 e. The molecule has 2 fully saturated rings. The fourth-order valence-corrected chi connectivity index (χ4v) is 3.63. The Balaban J connectivity index is 1.78. The van der Waals surface area contributed by atoms with Crippen LogP contribution in [0.15, 0.2) is 18.2 Å². The van der Waals surface area contributed by atoms with Crippen LogP contribution in [0.5, 0.6) is 0 Å². The number of halogens is 3. The Bertz CT molecular complexity index is 617. The smallest absolute Gasteiger partial charge is 0.299 e. The van der Waals surface area contributed by atoms with E-state index in [9.17, 15) is 22.8 Å². The second-order valence-electron chi connectivity index (χ2n) is 6.56. The van der Waals surface area contributed by atoms with Crippen molar-refractivity contribution in [3.05, 3.63) is 34.9 Å². The molecule has 118 valence electrons. The lowest BCUT2D eigenvalue weighted by Crippen LogP contribution is -2.24. The van der Waals surface area contributed by atoms with Gasteiger partial charge in [0.2, 0.25) is 0 Å². The zero-order chi connectivity index (χ0) is 16.1. The first-order valence-corrected chi connectivity index (χ1v) is 7.46. The van der Waals surface area contributed by atoms with Crippen molar-refractivity contribution in [3.8, 4) is 0 Å². The lowest BCUT2D eigenvalue weighted by atomic mass is 9.83. The highest BCUT2D eigenvalue weighted by Gasteiger charge is 2.46. The van der Waals surface area contributed by atoms with Crippen LogP contribution in [0.4, 0.5) is 13.2 Å². The maximum Gasteiger partial charge on any atom is 0.416 e. The summed E-state index contributed by atoms with van der Waals surface area (Å²) in [6.07, 6.45) is -2.76. The van der Waals surface area contributed by atoms with Gasteiger partial charge in [-0.05, 0) is 48.8 Å². The van der Waals surface area contributed by atoms with E-state index in [0.717, 1.165) is 12.5 Å². The quantitative estimate of drug-likeness (QED) is 0.772. The van der Waals surface area contributed by atoms with Gasteiger partial charge >= 0.3 is 6.18 Å². The number of carbonyl (C=O) groups is 2. The third-order valence-electron chi connectivity index (χ3n) is 4.67. The predicted octanol–water partition coefficient (Wildman–Crippen LogP) is 4.06. The van der Waals surface area contributed by atoms with Gasteiger partial charge in [-0.3, -0.25) is 9.59 Å². The van der Waals surface area contributed by atoms with Crippen LogP contribution in [0, 0.1) is 18.8 Å². The number of carbonyl (C=O) groups excluding carboxylic acids is 2. The van der Waals surface area contributed by atoms with Crippen LogP contribution < -0.4 is 0 Å². The number of rotatable bonds is 2. The summed E-state index contributed by atoms with van der Waals surface area (Å²) in [4.78, 5) is 23.1. The SMILES string of the molecule is Cc1cc(C2CC2C2CC(=O)CC(=O)C2)cc(C(F)(F)F)c1. The normalized spacial score (nSPS) is 26.4. The Labute approximate surface area is 126 Å². The van der Waals surface area contributed by atoms with E-state index in [-0.39, 0.29) is 35.7 Å². The summed E-state index contributed by atoms with van der Waals surface area (Å²) in [5, 5.41) is 0. The van der Waals surface area contributed by atoms with Gasteiger partial charge in [0.05, 0.1) is 12.0 Å². The van der Waals surface area contributed by atoms with Gasteiger partial charge in [0.1, 0.15) is 11.6 Å². The minimum absolute atomic E-state index is 0.00796. The Hall–Kier alpha value is -1.65. The van der Waals surface area contributed by atoms with Crippen LogP contribution in [0.25, 0.3) is 0 Å². The molecule has 2 unspecified atom stereocenters. The Morgan fingerprint density at radius 3 is 2.27 bits per heavy atom. The van der Waals surface area contributed by atoms with Crippen molar-refractivity contribution in [2.75, 3.05) is 0 Å². The van der Waals surface area contributed by atoms with Gasteiger partial charge < -0.3 is 0 Å². The second kappa shape index (κ2) is 5.21. The maximum atomic E-state index is 12.9. The number of benzene rings is 1. The van der Waals surface area contributed by atoms with Crippen LogP contribution in [0.1, 0.15) is 48.3 Å². The number of aryl methyl sites for hydroxylation is 1. The first-order chi connectivity index (χ1) is 10.2. The van der Waals surface area contributed by atoms with E-state index in [1.165, 1.54) is 6.07 Å². The molecular weight excluding hydrogens is 293 g/mol. The van der Waals surface area contributed by atoms with Crippen LogP contribution in [-0.2, 0) is 15.8 Å². The molecule has 0 aliphatic heterocycles. The monoisotopic (exact) mass is 310 g/mol. The van der Waals surface area contributed by atoms with Gasteiger partial charge in [0.25, 0.3) is 0 Å². The van der Waals surface area contributed by atoms with E-state index in [4.69, 9.17) is 0 Å². The molecule has 0 amide bonds. The summed E-state index contributed by atoms with van der Waals surface area (Å²) in [5.41, 5.74) is 0.651. The first-order valence-electron chi connectivity index (χ1n) is 7.46. The highest BCUT2D eigenvalue weighted by Crippen LogP contribution is 2.55. The fourth-order valence-electron chi connectivity index (χ4n) is 3.63. The van der Waals surface area contributed by atoms with Crippen molar-refractivity contribution in [2.24, 2.45) is 11.8 Å². The topological polar surface area (TPSA) is 34.1 Å². The highest BCUT2D eigenvalue weighted by atomic mass is 19.4. The molecule has 0 radical (unpaired) electrons. The largest absolute Gasteiger partial charge is 0.416 e. The molecule has 2 aliphatic rings. The molecule has 1 aromatic rings. The van der Waals surface area contributed by atoms with Gasteiger partial charge in [0.15, 0.2) is 0 Å². The lowest BCUT2D eigenvalue weighted by molar-refractivity contribution is -0.137. The third kappa shape index (κ3) is 3.08. The van der Waals surface area contributed by atoms with Gasteiger partial charge in [-0.1, -0.05) is 11.6 Å². The summed E-state index contributed by atoms with van der Waals surface area (Å²) in [5.74, 6) is 0.147. The van der Waals surface area contributed by atoms with E-state index in [1.54, 1.807) is 13.0 Å². The van der Waals surface area contributed by atoms with E-state index < -0.39 is 11.7 Å². The number of alkyl halides is 3. The van der Waals surface area contributed by atoms with Crippen LogP contribution in [0.2, 0.25) is 0 Å². The molecule has 0 spiro atoms.